The Kier molecular flexibility index (Phi) is 4.56. The monoisotopic (exact) mass is 286 g/mol. The first-order chi connectivity index (χ1) is 10.1. The lowest BCUT2D eigenvalue weighted by atomic mass is 10.2. The average molecular weight is 286 g/mol. The maximum Gasteiger partial charge on any atom is 0.339 e. The molecule has 2 aromatic rings. The van der Waals surface area contributed by atoms with Crippen molar-refractivity contribution in [1.29, 1.82) is 0 Å². The molecule has 0 aliphatic heterocycles. The number of rotatable bonds is 5. The van der Waals surface area contributed by atoms with Gasteiger partial charge in [0.2, 0.25) is 0 Å². The molecule has 0 bridgehead atoms. The highest BCUT2D eigenvalue weighted by molar-refractivity contribution is 5.90. The quantitative estimate of drug-likeness (QED) is 0.676. The Morgan fingerprint density at radius 2 is 1.62 bits per heavy atom. The molecule has 0 aromatic heterocycles. The summed E-state index contributed by atoms with van der Waals surface area (Å²) in [6, 6.07) is 13.3. The molecule has 0 amide bonds. The number of para-hydroxylation sites is 2. The van der Waals surface area contributed by atoms with Crippen LogP contribution in [0.2, 0.25) is 0 Å². The summed E-state index contributed by atoms with van der Waals surface area (Å²) in [5.41, 5.74) is 0.746. The zero-order valence-electron chi connectivity index (χ0n) is 11.4. The fourth-order valence-electron chi connectivity index (χ4n) is 1.80. The Morgan fingerprint density at radius 3 is 2.29 bits per heavy atom. The molecule has 0 unspecified atom stereocenters. The van der Waals surface area contributed by atoms with E-state index in [1.54, 1.807) is 42.5 Å². The van der Waals surface area contributed by atoms with E-state index in [4.69, 9.17) is 14.6 Å². The van der Waals surface area contributed by atoms with Crippen LogP contribution in [0.1, 0.15) is 22.8 Å². The van der Waals surface area contributed by atoms with E-state index in [1.165, 1.54) is 13.0 Å². The lowest BCUT2D eigenvalue weighted by Gasteiger charge is -2.11. The highest BCUT2D eigenvalue weighted by Crippen LogP contribution is 2.23. The second-order valence-electron chi connectivity index (χ2n) is 4.29. The summed E-state index contributed by atoms with van der Waals surface area (Å²) in [5.74, 6) is -0.812. The predicted octanol–water partition coefficient (Wildman–Crippen LogP) is 2.89. The van der Waals surface area contributed by atoms with Crippen molar-refractivity contribution >= 4 is 11.9 Å². The molecule has 2 rings (SSSR count). The van der Waals surface area contributed by atoms with Crippen molar-refractivity contribution in [3.05, 3.63) is 59.7 Å². The number of carboxylic acids is 1. The van der Waals surface area contributed by atoms with Gasteiger partial charge in [0.1, 0.15) is 23.7 Å². The predicted molar refractivity (Wildman–Crippen MR) is 75.5 cm³/mol. The first-order valence-corrected chi connectivity index (χ1v) is 6.29. The first kappa shape index (κ1) is 14.6. The zero-order chi connectivity index (χ0) is 15.2. The van der Waals surface area contributed by atoms with Crippen LogP contribution in [0, 0.1) is 0 Å². The first-order valence-electron chi connectivity index (χ1n) is 6.29. The van der Waals surface area contributed by atoms with Crippen molar-refractivity contribution in [2.24, 2.45) is 0 Å². The molecule has 0 saturated heterocycles. The third kappa shape index (κ3) is 3.82. The van der Waals surface area contributed by atoms with E-state index in [-0.39, 0.29) is 17.9 Å². The van der Waals surface area contributed by atoms with E-state index in [2.05, 4.69) is 0 Å². The van der Waals surface area contributed by atoms with E-state index < -0.39 is 11.9 Å². The maximum absolute atomic E-state index is 11.1. The largest absolute Gasteiger partial charge is 0.488 e. The van der Waals surface area contributed by atoms with Crippen LogP contribution in [0.4, 0.5) is 0 Å². The standard InChI is InChI=1S/C16H14O5/c1-11(17)21-14-8-4-2-6-12(14)10-20-15-9-5-3-7-13(15)16(18)19/h2-9H,10H2,1H3,(H,18,19). The van der Waals surface area contributed by atoms with Gasteiger partial charge in [0, 0.05) is 12.5 Å². The number of benzene rings is 2. The number of aromatic carboxylic acids is 1. The van der Waals surface area contributed by atoms with Crippen LogP contribution in [-0.4, -0.2) is 17.0 Å². The minimum Gasteiger partial charge on any atom is -0.488 e. The molecule has 5 nitrogen and oxygen atoms in total. The van der Waals surface area contributed by atoms with E-state index in [0.29, 0.717) is 11.3 Å². The zero-order valence-corrected chi connectivity index (χ0v) is 11.4. The molecule has 0 atom stereocenters. The smallest absolute Gasteiger partial charge is 0.339 e. The van der Waals surface area contributed by atoms with Crippen LogP contribution >= 0.6 is 0 Å². The van der Waals surface area contributed by atoms with E-state index in [0.717, 1.165) is 0 Å². The molecule has 0 fully saturated rings. The van der Waals surface area contributed by atoms with Crippen LogP contribution in [0.15, 0.2) is 48.5 Å². The Hall–Kier alpha value is -2.82. The van der Waals surface area contributed by atoms with Crippen molar-refractivity contribution in [2.45, 2.75) is 13.5 Å². The summed E-state index contributed by atoms with van der Waals surface area (Å²) < 4.78 is 10.6. The van der Waals surface area contributed by atoms with Crippen molar-refractivity contribution in [2.75, 3.05) is 0 Å². The summed E-state index contributed by atoms with van der Waals surface area (Å²) >= 11 is 0. The summed E-state index contributed by atoms with van der Waals surface area (Å²) in [6.45, 7) is 1.42. The maximum atomic E-state index is 11.1. The van der Waals surface area contributed by atoms with Crippen molar-refractivity contribution in [1.82, 2.24) is 0 Å². The van der Waals surface area contributed by atoms with E-state index in [1.807, 2.05) is 0 Å². The summed E-state index contributed by atoms with van der Waals surface area (Å²) in [5, 5.41) is 9.09. The van der Waals surface area contributed by atoms with Gasteiger partial charge in [-0.15, -0.1) is 0 Å². The molecule has 0 saturated carbocycles. The second-order valence-corrected chi connectivity index (χ2v) is 4.29. The van der Waals surface area contributed by atoms with Gasteiger partial charge in [0.05, 0.1) is 0 Å². The van der Waals surface area contributed by atoms with Crippen molar-refractivity contribution in [3.63, 3.8) is 0 Å². The molecule has 2 aromatic carbocycles. The van der Waals surface area contributed by atoms with Gasteiger partial charge in [-0.2, -0.15) is 0 Å². The number of carbonyl (C=O) groups excluding carboxylic acids is 1. The Morgan fingerprint density at radius 1 is 1.00 bits per heavy atom. The van der Waals surface area contributed by atoms with Gasteiger partial charge in [0.25, 0.3) is 0 Å². The number of esters is 1. The van der Waals surface area contributed by atoms with Gasteiger partial charge in [-0.05, 0) is 18.2 Å². The number of ether oxygens (including phenoxy) is 2. The van der Waals surface area contributed by atoms with Crippen molar-refractivity contribution in [3.8, 4) is 11.5 Å². The third-order valence-electron chi connectivity index (χ3n) is 2.73. The molecule has 0 spiro atoms. The highest BCUT2D eigenvalue weighted by atomic mass is 16.5. The minimum absolute atomic E-state index is 0.0856. The van der Waals surface area contributed by atoms with Gasteiger partial charge in [-0.1, -0.05) is 30.3 Å². The molecule has 0 aliphatic rings. The SMILES string of the molecule is CC(=O)Oc1ccccc1COc1ccccc1C(=O)O. The fraction of sp³-hybridized carbons (Fsp3) is 0.125. The second kappa shape index (κ2) is 6.56. The van der Waals surface area contributed by atoms with Crippen LogP contribution < -0.4 is 9.47 Å². The van der Waals surface area contributed by atoms with Gasteiger partial charge >= 0.3 is 11.9 Å². The van der Waals surface area contributed by atoms with Gasteiger partial charge in [-0.3, -0.25) is 4.79 Å². The third-order valence-corrected chi connectivity index (χ3v) is 2.73. The summed E-state index contributed by atoms with van der Waals surface area (Å²) in [7, 11) is 0. The summed E-state index contributed by atoms with van der Waals surface area (Å²) in [6.07, 6.45) is 0. The lowest BCUT2D eigenvalue weighted by molar-refractivity contribution is -0.131. The van der Waals surface area contributed by atoms with Crippen LogP contribution in [-0.2, 0) is 11.4 Å². The van der Waals surface area contributed by atoms with Gasteiger partial charge in [0.15, 0.2) is 0 Å². The number of hydrogen-bond donors (Lipinski definition) is 1. The molecule has 1 N–H and O–H groups in total. The molecule has 5 heteroatoms. The molecule has 0 aliphatic carbocycles. The Labute approximate surface area is 121 Å². The molecule has 0 radical (unpaired) electrons. The lowest BCUT2D eigenvalue weighted by Crippen LogP contribution is -2.07. The van der Waals surface area contributed by atoms with Crippen molar-refractivity contribution < 1.29 is 24.2 Å². The van der Waals surface area contributed by atoms with Gasteiger partial charge < -0.3 is 14.6 Å². The summed E-state index contributed by atoms with van der Waals surface area (Å²) in [4.78, 5) is 22.1. The molecule has 0 heterocycles. The highest BCUT2D eigenvalue weighted by Gasteiger charge is 2.12. The molecular weight excluding hydrogens is 272 g/mol. The Bertz CT molecular complexity index is 663. The fourth-order valence-corrected chi connectivity index (χ4v) is 1.80. The van der Waals surface area contributed by atoms with E-state index in [9.17, 15) is 9.59 Å². The average Bonchev–Trinajstić information content (AvgIpc) is 2.46. The van der Waals surface area contributed by atoms with Gasteiger partial charge in [-0.25, -0.2) is 4.79 Å². The van der Waals surface area contributed by atoms with Crippen LogP contribution in [0.5, 0.6) is 11.5 Å². The normalized spacial score (nSPS) is 9.95. The number of carboxylic acid groups (broad SMARTS) is 1. The topological polar surface area (TPSA) is 72.8 Å². The molecule has 21 heavy (non-hydrogen) atoms. The minimum atomic E-state index is -1.06. The molecular formula is C16H14O5. The molecule has 108 valence electrons. The Balaban J connectivity index is 2.17. The number of carbonyl (C=O) groups is 2. The van der Waals surface area contributed by atoms with E-state index >= 15 is 0 Å². The van der Waals surface area contributed by atoms with Crippen LogP contribution in [0.3, 0.4) is 0 Å². The van der Waals surface area contributed by atoms with Crippen LogP contribution in [0.25, 0.3) is 0 Å². The number of hydrogen-bond acceptors (Lipinski definition) is 4.